The van der Waals surface area contributed by atoms with Crippen LogP contribution in [-0.2, 0) is 9.47 Å². The highest BCUT2D eigenvalue weighted by atomic mass is 16.7. The van der Waals surface area contributed by atoms with Crippen molar-refractivity contribution in [1.29, 1.82) is 0 Å². The Kier molecular flexibility index (Phi) is 4.06. The molecule has 0 aromatic rings. The standard InChI is InChI=1S/C23H34O4/c1-3-8-21-11-12-23(26-13-14-27-23)15-22(21,25)10-6-16-17-4-5-19(24)20(17,2)9-7-18(16)21/h1,16-19,24-25H,4-15H2,2H3/t16-,17-,18-,19-,20-,21+,22+/m0/s1. The summed E-state index contributed by atoms with van der Waals surface area (Å²) >= 11 is 0. The van der Waals surface area contributed by atoms with Crippen LogP contribution in [0.15, 0.2) is 0 Å². The van der Waals surface area contributed by atoms with E-state index in [4.69, 9.17) is 15.9 Å². The normalized spacial score (nSPS) is 53.4. The molecule has 0 unspecified atom stereocenters. The number of terminal acetylenes is 1. The summed E-state index contributed by atoms with van der Waals surface area (Å²) in [5.74, 6) is 3.96. The van der Waals surface area contributed by atoms with Gasteiger partial charge in [-0.1, -0.05) is 6.92 Å². The Morgan fingerprint density at radius 3 is 2.52 bits per heavy atom. The molecular weight excluding hydrogens is 340 g/mol. The molecule has 0 aromatic carbocycles. The molecule has 4 aliphatic carbocycles. The fourth-order valence-corrected chi connectivity index (χ4v) is 8.29. The zero-order valence-corrected chi connectivity index (χ0v) is 16.6. The van der Waals surface area contributed by atoms with E-state index in [2.05, 4.69) is 12.8 Å². The van der Waals surface area contributed by atoms with Crippen LogP contribution in [0.3, 0.4) is 0 Å². The molecule has 150 valence electrons. The Morgan fingerprint density at radius 2 is 1.78 bits per heavy atom. The van der Waals surface area contributed by atoms with Gasteiger partial charge >= 0.3 is 0 Å². The first kappa shape index (κ1) is 18.4. The molecule has 4 saturated carbocycles. The summed E-state index contributed by atoms with van der Waals surface area (Å²) < 4.78 is 12.0. The quantitative estimate of drug-likeness (QED) is 0.692. The minimum absolute atomic E-state index is 0.0571. The van der Waals surface area contributed by atoms with Crippen LogP contribution in [0.1, 0.15) is 71.1 Å². The number of rotatable bonds is 1. The molecule has 7 atom stereocenters. The summed E-state index contributed by atoms with van der Waals surface area (Å²) in [5, 5.41) is 22.6. The summed E-state index contributed by atoms with van der Waals surface area (Å²) in [6.07, 6.45) is 14.7. The zero-order chi connectivity index (χ0) is 18.9. The van der Waals surface area contributed by atoms with Crippen molar-refractivity contribution in [2.75, 3.05) is 13.2 Å². The van der Waals surface area contributed by atoms with Crippen molar-refractivity contribution >= 4 is 0 Å². The van der Waals surface area contributed by atoms with E-state index in [0.717, 1.165) is 51.4 Å². The van der Waals surface area contributed by atoms with Gasteiger partial charge in [-0.3, -0.25) is 0 Å². The Labute approximate surface area is 163 Å². The van der Waals surface area contributed by atoms with Crippen molar-refractivity contribution in [3.05, 3.63) is 0 Å². The fourth-order valence-electron chi connectivity index (χ4n) is 8.29. The van der Waals surface area contributed by atoms with Crippen LogP contribution in [0.25, 0.3) is 0 Å². The van der Waals surface area contributed by atoms with Crippen LogP contribution in [0, 0.1) is 40.9 Å². The van der Waals surface area contributed by atoms with Crippen LogP contribution in [0.4, 0.5) is 0 Å². The smallest absolute Gasteiger partial charge is 0.171 e. The zero-order valence-electron chi connectivity index (χ0n) is 16.6. The lowest BCUT2D eigenvalue weighted by atomic mass is 9.42. The second-order valence-electron chi connectivity index (χ2n) is 10.4. The van der Waals surface area contributed by atoms with Crippen LogP contribution >= 0.6 is 0 Å². The number of fused-ring (bicyclic) bond motifs is 5. The van der Waals surface area contributed by atoms with Gasteiger partial charge in [-0.2, -0.15) is 0 Å². The molecule has 4 nitrogen and oxygen atoms in total. The summed E-state index contributed by atoms with van der Waals surface area (Å²) in [6, 6.07) is 0. The fraction of sp³-hybridized carbons (Fsp3) is 0.913. The number of hydrogen-bond acceptors (Lipinski definition) is 4. The molecule has 0 radical (unpaired) electrons. The molecule has 0 amide bonds. The predicted molar refractivity (Wildman–Crippen MR) is 102 cm³/mol. The second-order valence-corrected chi connectivity index (χ2v) is 10.4. The van der Waals surface area contributed by atoms with Gasteiger partial charge in [-0.05, 0) is 68.1 Å². The highest BCUT2D eigenvalue weighted by molar-refractivity contribution is 5.19. The molecular formula is C23H34O4. The average molecular weight is 375 g/mol. The Morgan fingerprint density at radius 1 is 1.00 bits per heavy atom. The topological polar surface area (TPSA) is 58.9 Å². The molecule has 1 aliphatic heterocycles. The third-order valence-corrected chi connectivity index (χ3v) is 9.66. The van der Waals surface area contributed by atoms with E-state index >= 15 is 0 Å². The van der Waals surface area contributed by atoms with E-state index in [1.54, 1.807) is 0 Å². The van der Waals surface area contributed by atoms with Crippen molar-refractivity contribution in [3.63, 3.8) is 0 Å². The third kappa shape index (κ3) is 2.32. The Hall–Kier alpha value is -0.600. The molecule has 0 bridgehead atoms. The lowest BCUT2D eigenvalue weighted by molar-refractivity contribution is -0.289. The van der Waals surface area contributed by atoms with E-state index in [1.807, 2.05) is 0 Å². The number of hydrogen-bond donors (Lipinski definition) is 2. The molecule has 1 spiro atoms. The molecule has 5 aliphatic rings. The van der Waals surface area contributed by atoms with Crippen LogP contribution in [-0.4, -0.2) is 40.9 Å². The summed E-state index contributed by atoms with van der Waals surface area (Å²) in [5.41, 5.74) is -0.963. The van der Waals surface area contributed by atoms with Gasteiger partial charge in [-0.15, -0.1) is 12.3 Å². The van der Waals surface area contributed by atoms with Gasteiger partial charge in [0.1, 0.15) is 0 Å². The lowest BCUT2D eigenvalue weighted by Crippen LogP contribution is -2.66. The minimum Gasteiger partial charge on any atom is -0.393 e. The van der Waals surface area contributed by atoms with E-state index in [1.165, 1.54) is 0 Å². The molecule has 4 heteroatoms. The van der Waals surface area contributed by atoms with Gasteiger partial charge in [0.05, 0.1) is 24.9 Å². The number of ether oxygens (including phenoxy) is 2. The van der Waals surface area contributed by atoms with Gasteiger partial charge in [0, 0.05) is 24.7 Å². The summed E-state index contributed by atoms with van der Waals surface area (Å²) in [7, 11) is 0. The molecule has 1 saturated heterocycles. The summed E-state index contributed by atoms with van der Waals surface area (Å²) in [4.78, 5) is 0. The molecule has 2 N–H and O–H groups in total. The van der Waals surface area contributed by atoms with E-state index in [9.17, 15) is 10.2 Å². The average Bonchev–Trinajstić information content (AvgIpc) is 3.21. The van der Waals surface area contributed by atoms with Gasteiger partial charge in [0.15, 0.2) is 5.79 Å². The first-order valence-electron chi connectivity index (χ1n) is 11.0. The monoisotopic (exact) mass is 374 g/mol. The molecule has 27 heavy (non-hydrogen) atoms. The van der Waals surface area contributed by atoms with Crippen LogP contribution in [0.5, 0.6) is 0 Å². The maximum Gasteiger partial charge on any atom is 0.171 e. The van der Waals surface area contributed by atoms with Crippen LogP contribution < -0.4 is 0 Å². The second kappa shape index (κ2) is 5.95. The van der Waals surface area contributed by atoms with E-state index in [0.29, 0.717) is 43.8 Å². The maximum atomic E-state index is 12.0. The number of aliphatic hydroxyl groups is 2. The third-order valence-electron chi connectivity index (χ3n) is 9.66. The van der Waals surface area contributed by atoms with Crippen molar-refractivity contribution in [2.45, 2.75) is 88.6 Å². The maximum absolute atomic E-state index is 12.0. The Bertz CT molecular complexity index is 649. The van der Waals surface area contributed by atoms with Crippen molar-refractivity contribution in [1.82, 2.24) is 0 Å². The molecule has 5 rings (SSSR count). The largest absolute Gasteiger partial charge is 0.393 e. The first-order valence-corrected chi connectivity index (χ1v) is 11.0. The van der Waals surface area contributed by atoms with Gasteiger partial charge in [-0.25, -0.2) is 0 Å². The van der Waals surface area contributed by atoms with E-state index < -0.39 is 11.4 Å². The highest BCUT2D eigenvalue weighted by Crippen LogP contribution is 2.69. The summed E-state index contributed by atoms with van der Waals surface area (Å²) in [6.45, 7) is 3.56. The molecule has 1 heterocycles. The van der Waals surface area contributed by atoms with Gasteiger partial charge in [0.2, 0.25) is 0 Å². The molecule has 5 fully saturated rings. The number of aliphatic hydroxyl groups excluding tert-OH is 1. The van der Waals surface area contributed by atoms with Crippen molar-refractivity contribution in [2.24, 2.45) is 28.6 Å². The van der Waals surface area contributed by atoms with Gasteiger partial charge in [0.25, 0.3) is 0 Å². The van der Waals surface area contributed by atoms with E-state index in [-0.39, 0.29) is 16.9 Å². The SMILES string of the molecule is C#CC[C@]12CCC3(C[C@]1(O)CC[C@H]1[C@@H]4CC[C@H](O)[C@@]4(C)CC[C@@H]12)OCCO3. The first-order chi connectivity index (χ1) is 12.9. The minimum atomic E-state index is -0.798. The predicted octanol–water partition coefficient (Wildman–Crippen LogP) is 3.25. The van der Waals surface area contributed by atoms with Crippen molar-refractivity contribution in [3.8, 4) is 12.3 Å². The Balaban J connectivity index is 1.51. The van der Waals surface area contributed by atoms with Gasteiger partial charge < -0.3 is 19.7 Å². The molecule has 0 aromatic heterocycles. The lowest BCUT2D eigenvalue weighted by Gasteiger charge is -2.65. The van der Waals surface area contributed by atoms with Crippen molar-refractivity contribution < 1.29 is 19.7 Å². The van der Waals surface area contributed by atoms with Crippen LogP contribution in [0.2, 0.25) is 0 Å². The highest BCUT2D eigenvalue weighted by Gasteiger charge is 2.68.